The van der Waals surface area contributed by atoms with Crippen LogP contribution in [0.5, 0.6) is 0 Å². The maximum Gasteiger partial charge on any atom is 0.330 e. The van der Waals surface area contributed by atoms with Gasteiger partial charge in [0.25, 0.3) is 6.33 Å². The summed E-state index contributed by atoms with van der Waals surface area (Å²) in [6.45, 7) is 24.9. The van der Waals surface area contributed by atoms with Crippen LogP contribution in [0.4, 0.5) is 0 Å². The number of imidazole rings is 4. The van der Waals surface area contributed by atoms with Crippen LogP contribution < -0.4 is 18.3 Å². The van der Waals surface area contributed by atoms with Crippen LogP contribution in [-0.4, -0.2) is 65.2 Å². The number of nitrogens with zero attached hydrogens (tertiary/aromatic N) is 8. The number of unbranched alkanes of at least 4 members (excludes halogenated alkanes) is 1. The van der Waals surface area contributed by atoms with Crippen LogP contribution in [0, 0.1) is 41.5 Å². The molecule has 20 heteroatoms. The highest BCUT2D eigenvalue weighted by Gasteiger charge is 2.24. The van der Waals surface area contributed by atoms with Crippen LogP contribution >= 0.6 is 0 Å². The zero-order valence-corrected chi connectivity index (χ0v) is 47.7. The summed E-state index contributed by atoms with van der Waals surface area (Å²) in [7, 11) is 2.04. The van der Waals surface area contributed by atoms with E-state index in [9.17, 15) is 0 Å². The third-order valence-electron chi connectivity index (χ3n) is 12.7. The molecule has 2 aromatic carbocycles. The molecule has 0 atom stereocenters. The van der Waals surface area contributed by atoms with Gasteiger partial charge in [0.05, 0.1) is 25.7 Å². The van der Waals surface area contributed by atoms with Crippen molar-refractivity contribution in [3.05, 3.63) is 133 Å². The average Bonchev–Trinajstić information content (AvgIpc) is 4.28. The highest BCUT2D eigenvalue weighted by Crippen LogP contribution is 2.29. The molecule has 0 spiro atoms. The van der Waals surface area contributed by atoms with Crippen molar-refractivity contribution in [2.24, 2.45) is 7.05 Å². The minimum atomic E-state index is -0.0694. The second kappa shape index (κ2) is 39.4. The van der Waals surface area contributed by atoms with E-state index in [0.29, 0.717) is 12.1 Å². The smallest absolute Gasteiger partial charge is 0.304 e. The molecule has 0 unspecified atom stereocenters. The molecule has 2 aliphatic carbocycles. The summed E-state index contributed by atoms with van der Waals surface area (Å²) in [5.41, 5.74) is 10.4. The lowest BCUT2D eigenvalue weighted by molar-refractivity contribution is -0.725. The van der Waals surface area contributed by atoms with Gasteiger partial charge >= 0.3 is 25.9 Å². The fourth-order valence-electron chi connectivity index (χ4n) is 9.32. The average molecular weight is 1080 g/mol. The van der Waals surface area contributed by atoms with Crippen molar-refractivity contribution in [1.29, 1.82) is 0 Å². The summed E-state index contributed by atoms with van der Waals surface area (Å²) in [5.74, 6) is 0. The SMILES string of the molecule is CC(C)n1cc[n+](C(C)C)c1.CCCCn1cc[n+](C)c1.Cc1cc(C)c(-n2cc[n+](-c3c(C)cc(C)cc3C)c2)c(C)c1.O=COO.O=COO.O=COO.O=COO.c1c[n+](C2CCCCC2)cn1C1CCCCC1. The molecule has 4 N–H and O–H groups in total. The molecule has 4 aromatic heterocycles. The van der Waals surface area contributed by atoms with Gasteiger partial charge in [-0.1, -0.05) is 61.6 Å². The largest absolute Gasteiger partial charge is 0.330 e. The van der Waals surface area contributed by atoms with Gasteiger partial charge in [-0.05, 0) is 149 Å². The number of hydrogen-bond donors (Lipinski definition) is 4. The predicted octanol–water partition coefficient (Wildman–Crippen LogP) is 9.97. The highest BCUT2D eigenvalue weighted by atomic mass is 17.1. The van der Waals surface area contributed by atoms with Crippen LogP contribution in [0.2, 0.25) is 0 Å². The Morgan fingerprint density at radius 1 is 0.597 bits per heavy atom. The van der Waals surface area contributed by atoms with E-state index in [4.69, 9.17) is 40.2 Å². The molecule has 0 bridgehead atoms. The van der Waals surface area contributed by atoms with E-state index in [1.165, 1.54) is 122 Å². The zero-order chi connectivity index (χ0) is 57.7. The van der Waals surface area contributed by atoms with E-state index < -0.39 is 0 Å². The van der Waals surface area contributed by atoms with Crippen molar-refractivity contribution in [1.82, 2.24) is 18.3 Å². The van der Waals surface area contributed by atoms with Crippen molar-refractivity contribution in [2.45, 2.75) is 184 Å². The lowest BCUT2D eigenvalue weighted by Crippen LogP contribution is -2.38. The Morgan fingerprint density at radius 2 is 1.09 bits per heavy atom. The molecule has 0 radical (unpaired) electrons. The van der Waals surface area contributed by atoms with Gasteiger partial charge in [0.15, 0.2) is 0 Å². The van der Waals surface area contributed by atoms with Crippen molar-refractivity contribution in [3.63, 3.8) is 0 Å². The first-order valence-electron chi connectivity index (χ1n) is 26.3. The molecular formula is C57H90N8O12+4. The number of benzene rings is 2. The van der Waals surface area contributed by atoms with Gasteiger partial charge in [-0.2, -0.15) is 0 Å². The highest BCUT2D eigenvalue weighted by molar-refractivity contribution is 5.49. The van der Waals surface area contributed by atoms with Crippen molar-refractivity contribution in [2.75, 3.05) is 0 Å². The molecule has 2 fully saturated rings. The topological polar surface area (TPSA) is 221 Å². The summed E-state index contributed by atoms with van der Waals surface area (Å²) in [4.78, 5) is 46.2. The van der Waals surface area contributed by atoms with Crippen molar-refractivity contribution < 1.29 is 78.0 Å². The molecule has 6 aromatic rings. The molecule has 2 saturated carbocycles. The Hall–Kier alpha value is -7.00. The van der Waals surface area contributed by atoms with Crippen LogP contribution in [0.1, 0.15) is 169 Å². The van der Waals surface area contributed by atoms with Crippen LogP contribution in [-0.2, 0) is 52.3 Å². The Bertz CT molecular complexity index is 2330. The lowest BCUT2D eigenvalue weighted by Gasteiger charge is -2.20. The third kappa shape index (κ3) is 26.1. The van der Waals surface area contributed by atoms with Gasteiger partial charge in [0.2, 0.25) is 19.0 Å². The molecule has 426 valence electrons. The van der Waals surface area contributed by atoms with E-state index in [-0.39, 0.29) is 25.9 Å². The number of carbonyl (C=O) groups excluding carboxylic acids is 4. The molecule has 0 aliphatic heterocycles. The summed E-state index contributed by atoms with van der Waals surface area (Å²) in [6.07, 6.45) is 42.8. The minimum absolute atomic E-state index is 0.0694. The maximum atomic E-state index is 8.70. The van der Waals surface area contributed by atoms with E-state index in [1.54, 1.807) is 0 Å². The van der Waals surface area contributed by atoms with Gasteiger partial charge in [-0.3, -0.25) is 19.2 Å². The molecule has 0 amide bonds. The van der Waals surface area contributed by atoms with E-state index in [0.717, 1.165) is 18.6 Å². The van der Waals surface area contributed by atoms with Crippen LogP contribution in [0.15, 0.2) is 99.1 Å². The first-order chi connectivity index (χ1) is 36.9. The molecule has 4 heterocycles. The molecule has 0 saturated heterocycles. The molecule has 2 aliphatic rings. The van der Waals surface area contributed by atoms with Gasteiger partial charge < -0.3 is 19.6 Å². The molecule has 8 rings (SSSR count). The van der Waals surface area contributed by atoms with Crippen LogP contribution in [0.3, 0.4) is 0 Å². The minimum Gasteiger partial charge on any atom is -0.304 e. The van der Waals surface area contributed by atoms with E-state index in [1.807, 2.05) is 7.05 Å². The number of hydrogen-bond acceptors (Lipinski definition) is 12. The standard InChI is InChI=1S/C21H25N2.C15H25N2.C9H17N2.C8H15N2.4CH2O3/c1-14-9-16(3)20(17(4)10-14)22-7-8-23(13-22)21-18(5)11-15(2)12-19(21)6;1-3-7-14(8-4-1)16-11-12-17(13-16)15-9-5-2-6-10-15;1-8(2)10-5-6-11(7-10)9(3)4;1-3-4-5-10-7-6-9(2)8-10;4*2-1-4-3/h7-13H,1-6H3;11-15H,1-10H2;5-9H,1-4H3;6-8H,3-5H2,1-2H3;4*1,3H/q4*+1;;;;. The molecule has 20 nitrogen and oxygen atoms in total. The Morgan fingerprint density at radius 3 is 1.51 bits per heavy atom. The summed E-state index contributed by atoms with van der Waals surface area (Å²) >= 11 is 0. The Labute approximate surface area is 455 Å². The quantitative estimate of drug-likeness (QED) is 0.0279. The van der Waals surface area contributed by atoms with Crippen molar-refractivity contribution in [3.8, 4) is 11.4 Å². The Kier molecular flexibility index (Phi) is 34.8. The first-order valence-corrected chi connectivity index (χ1v) is 26.3. The van der Waals surface area contributed by atoms with Gasteiger partial charge in [-0.25, -0.2) is 57.6 Å². The number of carbonyl (C=O) groups is 4. The van der Waals surface area contributed by atoms with E-state index in [2.05, 4.69) is 231 Å². The van der Waals surface area contributed by atoms with Gasteiger partial charge in [0.1, 0.15) is 73.0 Å². The predicted molar refractivity (Wildman–Crippen MR) is 290 cm³/mol. The maximum absolute atomic E-state index is 8.70. The Balaban J connectivity index is 0.000000485. The number of aromatic nitrogens is 8. The zero-order valence-electron chi connectivity index (χ0n) is 47.7. The summed E-state index contributed by atoms with van der Waals surface area (Å²) < 4.78 is 18.1. The van der Waals surface area contributed by atoms with Crippen LogP contribution in [0.25, 0.3) is 11.4 Å². The molecular weight excluding hydrogens is 989 g/mol. The second-order valence-corrected chi connectivity index (χ2v) is 19.6. The van der Waals surface area contributed by atoms with E-state index >= 15 is 0 Å². The van der Waals surface area contributed by atoms with Crippen molar-refractivity contribution >= 4 is 25.9 Å². The van der Waals surface area contributed by atoms with Gasteiger partial charge in [-0.15, -0.1) is 0 Å². The van der Waals surface area contributed by atoms with Gasteiger partial charge in [0, 0.05) is 0 Å². The monoisotopic (exact) mass is 1080 g/mol. The fraction of sp³-hybridized carbons (Fsp3) is 0.509. The number of rotatable bonds is 13. The fourth-order valence-corrected chi connectivity index (χ4v) is 9.32. The normalized spacial score (nSPS) is 12.6. The summed E-state index contributed by atoms with van der Waals surface area (Å²) in [6, 6.07) is 11.7. The third-order valence-corrected chi connectivity index (χ3v) is 12.7. The number of aryl methyl sites for hydroxylation is 8. The molecule has 77 heavy (non-hydrogen) atoms. The lowest BCUT2D eigenvalue weighted by atomic mass is 9.95. The first kappa shape index (κ1) is 68.0. The second-order valence-electron chi connectivity index (χ2n) is 19.6. The summed E-state index contributed by atoms with van der Waals surface area (Å²) in [5, 5.41) is 28.0.